The molecule has 36 heavy (non-hydrogen) atoms. The van der Waals surface area contributed by atoms with Gasteiger partial charge in [-0.3, -0.25) is 14.8 Å². The number of alkyl halides is 3. The minimum atomic E-state index is -4.53. The first-order valence-corrected chi connectivity index (χ1v) is 10.6. The third kappa shape index (κ3) is 5.41. The molecule has 0 fully saturated rings. The van der Waals surface area contributed by atoms with Gasteiger partial charge in [-0.15, -0.1) is 0 Å². The zero-order valence-corrected chi connectivity index (χ0v) is 18.8. The number of nitrogens with one attached hydrogen (secondary N) is 2. The van der Waals surface area contributed by atoms with E-state index in [0.29, 0.717) is 16.8 Å². The number of benzene rings is 1. The number of esters is 1. The molecule has 1 aliphatic rings. The number of nitrogens with two attached hydrogens (primary N) is 1. The van der Waals surface area contributed by atoms with Gasteiger partial charge in [0.2, 0.25) is 11.9 Å². The quantitative estimate of drug-likeness (QED) is 0.418. The van der Waals surface area contributed by atoms with E-state index in [1.807, 2.05) is 0 Å². The van der Waals surface area contributed by atoms with Crippen LogP contribution in [0.5, 0.6) is 0 Å². The molecule has 0 aliphatic carbocycles. The number of nitrogens with zero attached hydrogens (tertiary/aromatic N) is 4. The summed E-state index contributed by atoms with van der Waals surface area (Å²) in [7, 11) is 0. The van der Waals surface area contributed by atoms with E-state index in [-0.39, 0.29) is 29.5 Å². The van der Waals surface area contributed by atoms with Crippen molar-refractivity contribution in [2.45, 2.75) is 19.1 Å². The highest BCUT2D eigenvalue weighted by atomic mass is 19.4. The summed E-state index contributed by atoms with van der Waals surface area (Å²) in [5.74, 6) is -1.13. The van der Waals surface area contributed by atoms with Crippen LogP contribution in [0.25, 0.3) is 11.1 Å². The summed E-state index contributed by atoms with van der Waals surface area (Å²) < 4.78 is 44.8. The summed E-state index contributed by atoms with van der Waals surface area (Å²) in [6, 6.07) is 5.82. The number of primary amides is 1. The normalized spacial score (nSPS) is 15.1. The van der Waals surface area contributed by atoms with Crippen molar-refractivity contribution in [3.05, 3.63) is 72.3 Å². The molecule has 0 radical (unpaired) electrons. The minimum absolute atomic E-state index is 0.0375. The van der Waals surface area contributed by atoms with Crippen molar-refractivity contribution >= 4 is 29.3 Å². The number of hydrazine groups is 1. The number of halogens is 3. The van der Waals surface area contributed by atoms with Crippen LogP contribution in [0.2, 0.25) is 0 Å². The summed E-state index contributed by atoms with van der Waals surface area (Å²) in [5, 5.41) is 4.02. The van der Waals surface area contributed by atoms with Gasteiger partial charge >= 0.3 is 12.1 Å². The van der Waals surface area contributed by atoms with Crippen molar-refractivity contribution in [1.82, 2.24) is 20.4 Å². The van der Waals surface area contributed by atoms with Gasteiger partial charge < -0.3 is 15.8 Å². The number of ether oxygens (including phenoxy) is 1. The fourth-order valence-corrected chi connectivity index (χ4v) is 3.34. The lowest BCUT2D eigenvalue weighted by atomic mass is 10.1. The molecule has 13 heteroatoms. The molecule has 10 nitrogen and oxygen atoms in total. The average Bonchev–Trinajstić information content (AvgIpc) is 3.35. The zero-order chi connectivity index (χ0) is 25.9. The van der Waals surface area contributed by atoms with Crippen LogP contribution in [0.1, 0.15) is 27.6 Å². The SMILES string of the molecule is CCOC(=O)c1cncc(-c2cnc(Nc3cccc(C(N)=O)c3)nc2N2C=CC(C(F)(F)F)N2)c1. The largest absolute Gasteiger partial charge is 0.462 e. The Hall–Kier alpha value is -4.52. The van der Waals surface area contributed by atoms with Crippen LogP contribution in [-0.4, -0.2) is 45.7 Å². The predicted octanol–water partition coefficient (Wildman–Crippen LogP) is 3.33. The van der Waals surface area contributed by atoms with Crippen molar-refractivity contribution in [1.29, 1.82) is 0 Å². The van der Waals surface area contributed by atoms with E-state index >= 15 is 0 Å². The summed E-state index contributed by atoms with van der Waals surface area (Å²) in [5.41, 5.74) is 9.17. The van der Waals surface area contributed by atoms with Gasteiger partial charge in [-0.1, -0.05) is 6.07 Å². The maximum Gasteiger partial charge on any atom is 0.409 e. The molecule has 1 aliphatic heterocycles. The molecule has 3 heterocycles. The number of aromatic nitrogens is 3. The van der Waals surface area contributed by atoms with E-state index < -0.39 is 24.1 Å². The van der Waals surface area contributed by atoms with E-state index in [0.717, 1.165) is 11.1 Å². The van der Waals surface area contributed by atoms with Crippen LogP contribution >= 0.6 is 0 Å². The second-order valence-electron chi connectivity index (χ2n) is 7.54. The Morgan fingerprint density at radius 3 is 2.69 bits per heavy atom. The minimum Gasteiger partial charge on any atom is -0.462 e. The highest BCUT2D eigenvalue weighted by molar-refractivity contribution is 5.94. The van der Waals surface area contributed by atoms with E-state index in [4.69, 9.17) is 10.5 Å². The molecule has 1 amide bonds. The van der Waals surface area contributed by atoms with E-state index in [1.165, 1.54) is 43.0 Å². The Morgan fingerprint density at radius 1 is 1.19 bits per heavy atom. The molecule has 1 aromatic carbocycles. The van der Waals surface area contributed by atoms with Gasteiger partial charge in [-0.05, 0) is 37.3 Å². The first-order valence-electron chi connectivity index (χ1n) is 10.6. The smallest absolute Gasteiger partial charge is 0.409 e. The van der Waals surface area contributed by atoms with Gasteiger partial charge in [0, 0.05) is 47.2 Å². The van der Waals surface area contributed by atoms with Crippen LogP contribution in [-0.2, 0) is 4.74 Å². The molecule has 1 unspecified atom stereocenters. The Balaban J connectivity index is 1.73. The van der Waals surface area contributed by atoms with Crippen LogP contribution in [0, 0.1) is 0 Å². The lowest BCUT2D eigenvalue weighted by Crippen LogP contribution is -2.44. The standard InChI is InChI=1S/C23H20F3N7O3/c1-2-36-21(35)15-8-14(10-28-11-15)17-12-29-22(30-16-5-3-4-13(9-16)19(27)34)31-20(17)33-7-6-18(32-33)23(24,25)26/h3-12,18,32H,2H2,1H3,(H2,27,34)(H,29,30,31). The van der Waals surface area contributed by atoms with Gasteiger partial charge in [0.05, 0.1) is 12.2 Å². The molecule has 0 saturated carbocycles. The Kier molecular flexibility index (Phi) is 6.83. The molecule has 4 N–H and O–H groups in total. The van der Waals surface area contributed by atoms with Crippen molar-refractivity contribution < 1.29 is 27.5 Å². The van der Waals surface area contributed by atoms with Crippen LogP contribution in [0.4, 0.5) is 30.6 Å². The van der Waals surface area contributed by atoms with E-state index in [2.05, 4.69) is 25.7 Å². The molecule has 1 atom stereocenters. The highest BCUT2D eigenvalue weighted by Gasteiger charge is 2.41. The number of amides is 1. The predicted molar refractivity (Wildman–Crippen MR) is 124 cm³/mol. The van der Waals surface area contributed by atoms with Crippen LogP contribution < -0.4 is 21.5 Å². The summed E-state index contributed by atoms with van der Waals surface area (Å²) in [4.78, 5) is 36.3. The number of hydrogen-bond acceptors (Lipinski definition) is 9. The number of carbonyl (C=O) groups excluding carboxylic acids is 2. The number of anilines is 3. The number of pyridine rings is 1. The number of carbonyl (C=O) groups is 2. The van der Waals surface area contributed by atoms with Gasteiger partial charge in [0.1, 0.15) is 6.04 Å². The van der Waals surface area contributed by atoms with Gasteiger partial charge in [0.25, 0.3) is 0 Å². The maximum atomic E-state index is 13.3. The van der Waals surface area contributed by atoms with Crippen molar-refractivity contribution in [3.63, 3.8) is 0 Å². The molecule has 186 valence electrons. The fraction of sp³-hybridized carbons (Fsp3) is 0.174. The first kappa shape index (κ1) is 24.6. The third-order valence-electron chi connectivity index (χ3n) is 5.02. The lowest BCUT2D eigenvalue weighted by Gasteiger charge is -2.23. The second kappa shape index (κ2) is 10.00. The third-order valence-corrected chi connectivity index (χ3v) is 5.02. The molecule has 0 saturated heterocycles. The van der Waals surface area contributed by atoms with Crippen LogP contribution in [0.15, 0.2) is 61.2 Å². The zero-order valence-electron chi connectivity index (χ0n) is 18.8. The van der Waals surface area contributed by atoms with Gasteiger partial charge in [0.15, 0.2) is 5.82 Å². The number of hydrogen-bond donors (Lipinski definition) is 3. The first-order chi connectivity index (χ1) is 17.2. The monoisotopic (exact) mass is 499 g/mol. The van der Waals surface area contributed by atoms with Crippen molar-refractivity contribution in [2.24, 2.45) is 5.73 Å². The summed E-state index contributed by atoms with van der Waals surface area (Å²) in [6.45, 7) is 1.82. The molecule has 0 bridgehead atoms. The highest BCUT2D eigenvalue weighted by Crippen LogP contribution is 2.33. The Bertz CT molecular complexity index is 1330. The molecule has 4 rings (SSSR count). The Labute approximate surface area is 203 Å². The van der Waals surface area contributed by atoms with Crippen LogP contribution in [0.3, 0.4) is 0 Å². The van der Waals surface area contributed by atoms with Gasteiger partial charge in [-0.2, -0.15) is 18.2 Å². The van der Waals surface area contributed by atoms with E-state index in [1.54, 1.807) is 19.1 Å². The van der Waals surface area contributed by atoms with E-state index in [9.17, 15) is 22.8 Å². The number of rotatable bonds is 7. The molecule has 3 aromatic rings. The molecular formula is C23H20F3N7O3. The maximum absolute atomic E-state index is 13.3. The van der Waals surface area contributed by atoms with Crippen molar-refractivity contribution in [2.75, 3.05) is 16.9 Å². The topological polar surface area (TPSA) is 135 Å². The van der Waals surface area contributed by atoms with Crippen molar-refractivity contribution in [3.8, 4) is 11.1 Å². The lowest BCUT2D eigenvalue weighted by molar-refractivity contribution is -0.142. The molecular weight excluding hydrogens is 479 g/mol. The summed E-state index contributed by atoms with van der Waals surface area (Å²) >= 11 is 0. The van der Waals surface area contributed by atoms with Gasteiger partial charge in [-0.25, -0.2) is 15.2 Å². The average molecular weight is 499 g/mol. The second-order valence-corrected chi connectivity index (χ2v) is 7.54. The fourth-order valence-electron chi connectivity index (χ4n) is 3.34. The molecule has 2 aromatic heterocycles. The Morgan fingerprint density at radius 2 is 2.00 bits per heavy atom. The molecule has 0 spiro atoms. The summed E-state index contributed by atoms with van der Waals surface area (Å²) in [6.07, 6.45) is 1.74.